The second kappa shape index (κ2) is 9.66. The van der Waals surface area contributed by atoms with Gasteiger partial charge in [-0.15, -0.1) is 0 Å². The maximum atomic E-state index is 13.4. The molecule has 9 nitrogen and oxygen atoms in total. The summed E-state index contributed by atoms with van der Waals surface area (Å²) in [6, 6.07) is 16.4. The van der Waals surface area contributed by atoms with Crippen LogP contribution in [0.5, 0.6) is 11.5 Å². The first-order chi connectivity index (χ1) is 19.8. The van der Waals surface area contributed by atoms with Crippen molar-refractivity contribution in [2.75, 3.05) is 6.54 Å². The Morgan fingerprint density at radius 2 is 1.90 bits per heavy atom. The van der Waals surface area contributed by atoms with Crippen LogP contribution in [-0.2, 0) is 16.1 Å². The highest BCUT2D eigenvalue weighted by molar-refractivity contribution is 7.99. The Kier molecular flexibility index (Phi) is 6.04. The van der Waals surface area contributed by atoms with Gasteiger partial charge in [-0.3, -0.25) is 19.4 Å². The van der Waals surface area contributed by atoms with Gasteiger partial charge in [-0.25, -0.2) is 0 Å². The Morgan fingerprint density at radius 1 is 1.07 bits per heavy atom. The van der Waals surface area contributed by atoms with E-state index in [-0.39, 0.29) is 35.7 Å². The van der Waals surface area contributed by atoms with Crippen LogP contribution in [0.1, 0.15) is 41.5 Å². The van der Waals surface area contributed by atoms with Gasteiger partial charge in [0.15, 0.2) is 0 Å². The molecule has 1 saturated heterocycles. The number of aromatic nitrogens is 2. The molecule has 4 aromatic rings. The highest BCUT2D eigenvalue weighted by Gasteiger charge is 2.64. The molecule has 1 aliphatic carbocycles. The Hall–Kier alpha value is -4.31. The monoisotopic (exact) mass is 567 g/mol. The number of fused-ring (bicyclic) bond motifs is 4. The molecule has 0 radical (unpaired) electrons. The van der Waals surface area contributed by atoms with Gasteiger partial charge in [0.2, 0.25) is 11.8 Å². The molecule has 2 fully saturated rings. The van der Waals surface area contributed by atoms with Gasteiger partial charge in [0.05, 0.1) is 22.9 Å². The summed E-state index contributed by atoms with van der Waals surface area (Å²) in [5.74, 6) is 0.558. The maximum absolute atomic E-state index is 13.4. The number of nitrogens with zero attached hydrogens (tertiary/aromatic N) is 2. The number of hydrogen-bond acceptors (Lipinski definition) is 6. The number of H-pyrrole nitrogens is 1. The van der Waals surface area contributed by atoms with Crippen molar-refractivity contribution in [3.63, 3.8) is 0 Å². The first-order valence-corrected chi connectivity index (χ1v) is 14.5. The molecular weight excluding hydrogens is 538 g/mol. The molecule has 10 heteroatoms. The van der Waals surface area contributed by atoms with Crippen molar-refractivity contribution in [3.05, 3.63) is 77.7 Å². The van der Waals surface area contributed by atoms with Gasteiger partial charge >= 0.3 is 0 Å². The summed E-state index contributed by atoms with van der Waals surface area (Å²) in [5, 5.41) is 6.78. The fraction of sp³-hybridized carbons (Fsp3) is 0.290. The molecule has 1 saturated carbocycles. The third-order valence-electron chi connectivity index (χ3n) is 8.38. The number of nitrogens with one attached hydrogen (secondary N) is 3. The van der Waals surface area contributed by atoms with Gasteiger partial charge in [-0.1, -0.05) is 30.8 Å². The molecule has 7 rings (SSSR count). The van der Waals surface area contributed by atoms with Crippen LogP contribution >= 0.6 is 11.8 Å². The van der Waals surface area contributed by atoms with E-state index in [1.54, 1.807) is 35.0 Å². The lowest BCUT2D eigenvalue weighted by atomic mass is 10.0. The molecule has 0 bridgehead atoms. The van der Waals surface area contributed by atoms with E-state index in [4.69, 9.17) is 4.74 Å². The standard InChI is InChI=1S/C31H29N5O4S/c1-17-20-12-19(35-21(20)9-10-32-17)15-33-30(39)22-13-31(2)14-27(31)36(22)28(37)16-34-29(38)18-7-8-26-24(11-18)40-23-5-3-4-6-25(23)41-26/h3-12,22,27,35H,13-16H2,1-2H3,(H,33,39)(H,34,38)/t22-,27-,31+/m0/s1. The second-order valence-corrected chi connectivity index (χ2v) is 12.3. The molecule has 3 N–H and O–H groups in total. The zero-order chi connectivity index (χ0) is 28.3. The normalized spacial score (nSPS) is 21.9. The molecule has 2 aromatic carbocycles. The topological polar surface area (TPSA) is 116 Å². The van der Waals surface area contributed by atoms with Gasteiger partial charge in [-0.05, 0) is 67.6 Å². The van der Waals surface area contributed by atoms with E-state index in [2.05, 4.69) is 27.5 Å². The van der Waals surface area contributed by atoms with Crippen LogP contribution in [0.15, 0.2) is 70.6 Å². The van der Waals surface area contributed by atoms with Crippen LogP contribution < -0.4 is 15.4 Å². The number of rotatable bonds is 6. The highest BCUT2D eigenvalue weighted by Crippen LogP contribution is 2.59. The lowest BCUT2D eigenvalue weighted by Crippen LogP contribution is -2.50. The number of carbonyl (C=O) groups excluding carboxylic acids is 3. The molecule has 41 heavy (non-hydrogen) atoms. The van der Waals surface area contributed by atoms with Crippen molar-refractivity contribution in [1.29, 1.82) is 0 Å². The lowest BCUT2D eigenvalue weighted by Gasteiger charge is -2.27. The molecule has 2 aliphatic heterocycles. The van der Waals surface area contributed by atoms with Crippen LogP contribution in [0.3, 0.4) is 0 Å². The Bertz CT molecular complexity index is 1730. The number of aromatic amines is 1. The van der Waals surface area contributed by atoms with Gasteiger partial charge in [0.25, 0.3) is 5.91 Å². The zero-order valence-electron chi connectivity index (χ0n) is 22.7. The largest absolute Gasteiger partial charge is 0.455 e. The zero-order valence-corrected chi connectivity index (χ0v) is 23.5. The minimum Gasteiger partial charge on any atom is -0.455 e. The number of carbonyl (C=O) groups is 3. The molecule has 2 aromatic heterocycles. The first-order valence-electron chi connectivity index (χ1n) is 13.7. The molecule has 0 unspecified atom stereocenters. The average Bonchev–Trinajstić information content (AvgIpc) is 3.29. The number of piperidine rings is 1. The summed E-state index contributed by atoms with van der Waals surface area (Å²) in [6.45, 7) is 4.20. The molecular formula is C31H29N5O4S. The van der Waals surface area contributed by atoms with Gasteiger partial charge in [0.1, 0.15) is 17.5 Å². The molecule has 3 amide bonds. The van der Waals surface area contributed by atoms with Crippen molar-refractivity contribution in [3.8, 4) is 11.5 Å². The number of likely N-dealkylation sites (tertiary alicyclic amines) is 1. The number of hydrogen-bond donors (Lipinski definition) is 3. The van der Waals surface area contributed by atoms with Crippen molar-refractivity contribution in [2.45, 2.75) is 55.1 Å². The van der Waals surface area contributed by atoms with Crippen LogP contribution in [-0.4, -0.2) is 51.2 Å². The Morgan fingerprint density at radius 3 is 2.76 bits per heavy atom. The van der Waals surface area contributed by atoms with Crippen LogP contribution in [0.2, 0.25) is 0 Å². The van der Waals surface area contributed by atoms with E-state index in [1.807, 2.05) is 49.4 Å². The van der Waals surface area contributed by atoms with Crippen LogP contribution in [0.25, 0.3) is 10.9 Å². The summed E-state index contributed by atoms with van der Waals surface area (Å²) in [7, 11) is 0. The minimum atomic E-state index is -0.565. The third kappa shape index (κ3) is 4.61. The number of ether oxygens (including phenoxy) is 1. The Balaban J connectivity index is 0.990. The number of amides is 3. The Labute approximate surface area is 241 Å². The predicted octanol–water partition coefficient (Wildman–Crippen LogP) is 4.55. The third-order valence-corrected chi connectivity index (χ3v) is 9.49. The summed E-state index contributed by atoms with van der Waals surface area (Å²) < 4.78 is 6.00. The number of benzene rings is 2. The van der Waals surface area contributed by atoms with Gasteiger partial charge in [0, 0.05) is 40.1 Å². The van der Waals surface area contributed by atoms with E-state index >= 15 is 0 Å². The first kappa shape index (κ1) is 25.6. The van der Waals surface area contributed by atoms with E-state index < -0.39 is 6.04 Å². The summed E-state index contributed by atoms with van der Waals surface area (Å²) in [5.41, 5.74) is 3.12. The number of pyridine rings is 1. The van der Waals surface area contributed by atoms with Crippen molar-refractivity contribution in [1.82, 2.24) is 25.5 Å². The SMILES string of the molecule is Cc1nccc2[nH]c(CNC(=O)[C@@H]3C[C@]4(C)C[C@@H]4N3C(=O)CNC(=O)c3ccc4c(c3)Oc3ccccc3S4)cc12. The number of aryl methyl sites for hydroxylation is 1. The smallest absolute Gasteiger partial charge is 0.251 e. The average molecular weight is 568 g/mol. The van der Waals surface area contributed by atoms with Gasteiger partial charge < -0.3 is 25.3 Å². The minimum absolute atomic E-state index is 0.0127. The van der Waals surface area contributed by atoms with E-state index in [1.165, 1.54) is 0 Å². The molecule has 0 spiro atoms. The van der Waals surface area contributed by atoms with Crippen molar-refractivity contribution in [2.24, 2.45) is 5.41 Å². The maximum Gasteiger partial charge on any atom is 0.251 e. The fourth-order valence-electron chi connectivity index (χ4n) is 6.03. The van der Waals surface area contributed by atoms with Crippen molar-refractivity contribution < 1.29 is 19.1 Å². The molecule has 4 heterocycles. The van der Waals surface area contributed by atoms with Crippen LogP contribution in [0.4, 0.5) is 0 Å². The summed E-state index contributed by atoms with van der Waals surface area (Å²) >= 11 is 1.59. The molecule has 3 atom stereocenters. The molecule has 208 valence electrons. The van der Waals surface area contributed by atoms with Crippen LogP contribution in [0, 0.1) is 12.3 Å². The van der Waals surface area contributed by atoms with Crippen molar-refractivity contribution >= 4 is 40.4 Å². The predicted molar refractivity (Wildman–Crippen MR) is 154 cm³/mol. The second-order valence-electron chi connectivity index (χ2n) is 11.3. The van der Waals surface area contributed by atoms with E-state index in [0.717, 1.165) is 44.3 Å². The highest BCUT2D eigenvalue weighted by atomic mass is 32.2. The molecule has 3 aliphatic rings. The van der Waals surface area contributed by atoms with E-state index in [9.17, 15) is 14.4 Å². The fourth-order valence-corrected chi connectivity index (χ4v) is 6.96. The quantitative estimate of drug-likeness (QED) is 0.277. The summed E-state index contributed by atoms with van der Waals surface area (Å²) in [6.07, 6.45) is 3.23. The lowest BCUT2D eigenvalue weighted by molar-refractivity contribution is -0.139. The number of para-hydroxylation sites is 1. The van der Waals surface area contributed by atoms with E-state index in [0.29, 0.717) is 24.3 Å². The summed E-state index contributed by atoms with van der Waals surface area (Å²) in [4.78, 5) is 50.9. The van der Waals surface area contributed by atoms with Gasteiger partial charge in [-0.2, -0.15) is 0 Å².